The van der Waals surface area contributed by atoms with Crippen molar-refractivity contribution in [2.75, 3.05) is 14.2 Å². The molecule has 0 unspecified atom stereocenters. The molecule has 5 aromatic rings. The number of benzene rings is 3. The van der Waals surface area contributed by atoms with Crippen LogP contribution in [-0.2, 0) is 14.1 Å². The van der Waals surface area contributed by atoms with Crippen LogP contribution in [0.1, 0.15) is 16.1 Å². The second-order valence-corrected chi connectivity index (χ2v) is 7.99. The molecule has 33 heavy (non-hydrogen) atoms. The smallest absolute Gasteiger partial charge is 0.212 e. The average molecular weight is 440 g/mol. The molecule has 2 heterocycles. The van der Waals surface area contributed by atoms with Crippen LogP contribution in [0.3, 0.4) is 0 Å². The van der Waals surface area contributed by atoms with Crippen LogP contribution >= 0.6 is 0 Å². The normalized spacial score (nSPS) is 11.3. The van der Waals surface area contributed by atoms with E-state index < -0.39 is 0 Å². The molecule has 0 aliphatic carbocycles. The summed E-state index contributed by atoms with van der Waals surface area (Å²) in [6.45, 7) is 0. The van der Waals surface area contributed by atoms with E-state index in [9.17, 15) is 9.90 Å². The number of carbonyl (C=O) groups excluding carboxylic acids is 1. The minimum absolute atomic E-state index is 0.0976. The number of hydrogen-bond acceptors (Lipinski definition) is 4. The fraction of sp³-hybridized carbons (Fsp3) is 0.148. The molecular formula is C27H24N2O4. The van der Waals surface area contributed by atoms with E-state index in [1.807, 2.05) is 78.0 Å². The highest BCUT2D eigenvalue weighted by molar-refractivity contribution is 6.23. The molecule has 1 N–H and O–H groups in total. The van der Waals surface area contributed by atoms with Crippen molar-refractivity contribution in [3.63, 3.8) is 0 Å². The molecule has 0 radical (unpaired) electrons. The summed E-state index contributed by atoms with van der Waals surface area (Å²) in [5.41, 5.74) is 3.95. The monoisotopic (exact) mass is 440 g/mol. The van der Waals surface area contributed by atoms with Crippen molar-refractivity contribution in [2.24, 2.45) is 14.1 Å². The number of aromatic nitrogens is 2. The molecular weight excluding hydrogens is 416 g/mol. The number of nitrogens with zero attached hydrogens (tertiary/aromatic N) is 2. The lowest BCUT2D eigenvalue weighted by Gasteiger charge is -2.10. The van der Waals surface area contributed by atoms with Crippen LogP contribution in [0, 0.1) is 0 Å². The van der Waals surface area contributed by atoms with Gasteiger partial charge in [-0.15, -0.1) is 0 Å². The molecule has 5 rings (SSSR count). The van der Waals surface area contributed by atoms with Gasteiger partial charge in [-0.3, -0.25) is 4.79 Å². The summed E-state index contributed by atoms with van der Waals surface area (Å²) < 4.78 is 15.1. The van der Waals surface area contributed by atoms with E-state index in [0.29, 0.717) is 33.9 Å². The van der Waals surface area contributed by atoms with Gasteiger partial charge < -0.3 is 23.7 Å². The number of carbonyl (C=O) groups is 1. The van der Waals surface area contributed by atoms with Crippen molar-refractivity contribution < 1.29 is 19.4 Å². The number of ether oxygens (including phenoxy) is 2. The molecule has 0 saturated heterocycles. The van der Waals surface area contributed by atoms with Crippen LogP contribution in [0.5, 0.6) is 17.2 Å². The predicted octanol–water partition coefficient (Wildman–Crippen LogP) is 5.29. The number of para-hydroxylation sites is 1. The molecule has 166 valence electrons. The first kappa shape index (κ1) is 20.7. The first-order chi connectivity index (χ1) is 16.0. The average Bonchev–Trinajstić information content (AvgIpc) is 3.33. The van der Waals surface area contributed by atoms with Gasteiger partial charge in [0, 0.05) is 31.4 Å². The third kappa shape index (κ3) is 2.98. The van der Waals surface area contributed by atoms with Crippen LogP contribution < -0.4 is 9.47 Å². The van der Waals surface area contributed by atoms with Crippen molar-refractivity contribution in [3.8, 4) is 28.4 Å². The summed E-state index contributed by atoms with van der Waals surface area (Å²) >= 11 is 0. The zero-order valence-corrected chi connectivity index (χ0v) is 18.9. The van der Waals surface area contributed by atoms with Gasteiger partial charge in [0.1, 0.15) is 17.2 Å². The molecule has 0 saturated carbocycles. The Hall–Kier alpha value is -4.19. The zero-order valence-electron chi connectivity index (χ0n) is 18.9. The topological polar surface area (TPSA) is 65.6 Å². The molecule has 0 amide bonds. The predicted molar refractivity (Wildman–Crippen MR) is 129 cm³/mol. The second kappa shape index (κ2) is 7.74. The maximum absolute atomic E-state index is 14.2. The Morgan fingerprint density at radius 3 is 2.12 bits per heavy atom. The third-order valence-corrected chi connectivity index (χ3v) is 6.24. The number of rotatable bonds is 5. The van der Waals surface area contributed by atoms with E-state index in [0.717, 1.165) is 21.8 Å². The van der Waals surface area contributed by atoms with Crippen LogP contribution in [-0.4, -0.2) is 34.2 Å². The Labute approximate surface area is 191 Å². The molecule has 6 nitrogen and oxygen atoms in total. The maximum Gasteiger partial charge on any atom is 0.212 e. The number of ketones is 1. The standard InChI is InChI=1S/C27H24N2O4/c1-28-15-17(23-18(28)10-7-13-21(23)32-3)27(31)26-24(16-9-5-6-12-20(16)30)25-19(29(26)2)11-8-14-22(25)33-4/h5-15,30H,1-4H3. The first-order valence-corrected chi connectivity index (χ1v) is 10.6. The summed E-state index contributed by atoms with van der Waals surface area (Å²) in [6.07, 6.45) is 1.83. The number of aromatic hydroxyl groups is 1. The number of methoxy groups -OCH3 is 2. The van der Waals surface area contributed by atoms with Crippen molar-refractivity contribution in [2.45, 2.75) is 0 Å². The molecule has 6 heteroatoms. The van der Waals surface area contributed by atoms with E-state index >= 15 is 0 Å². The number of hydrogen-bond donors (Lipinski definition) is 1. The highest BCUT2D eigenvalue weighted by Crippen LogP contribution is 2.44. The van der Waals surface area contributed by atoms with Crippen LogP contribution in [0.4, 0.5) is 0 Å². The zero-order chi connectivity index (χ0) is 23.3. The Morgan fingerprint density at radius 2 is 1.45 bits per heavy atom. The largest absolute Gasteiger partial charge is 0.507 e. The first-order valence-electron chi connectivity index (χ1n) is 10.6. The minimum atomic E-state index is -0.163. The Morgan fingerprint density at radius 1 is 0.818 bits per heavy atom. The van der Waals surface area contributed by atoms with Crippen LogP contribution in [0.2, 0.25) is 0 Å². The summed E-state index contributed by atoms with van der Waals surface area (Å²) in [5, 5.41) is 12.3. The van der Waals surface area contributed by atoms with Crippen molar-refractivity contribution >= 4 is 27.6 Å². The van der Waals surface area contributed by atoms with Gasteiger partial charge in [-0.05, 0) is 30.3 Å². The fourth-order valence-corrected chi connectivity index (χ4v) is 4.72. The molecule has 0 spiro atoms. The third-order valence-electron chi connectivity index (χ3n) is 6.24. The van der Waals surface area contributed by atoms with Crippen LogP contribution in [0.25, 0.3) is 32.9 Å². The Balaban J connectivity index is 1.90. The summed E-state index contributed by atoms with van der Waals surface area (Å²) in [4.78, 5) is 14.2. The van der Waals surface area contributed by atoms with Gasteiger partial charge in [0.15, 0.2) is 0 Å². The minimum Gasteiger partial charge on any atom is -0.507 e. The fourth-order valence-electron chi connectivity index (χ4n) is 4.72. The van der Waals surface area contributed by atoms with E-state index in [2.05, 4.69) is 0 Å². The lowest BCUT2D eigenvalue weighted by atomic mass is 9.96. The second-order valence-electron chi connectivity index (χ2n) is 7.99. The Bertz CT molecular complexity index is 1540. The van der Waals surface area contributed by atoms with Crippen LogP contribution in [0.15, 0.2) is 66.9 Å². The summed E-state index contributed by atoms with van der Waals surface area (Å²) in [7, 11) is 6.98. The molecule has 0 atom stereocenters. The van der Waals surface area contributed by atoms with Gasteiger partial charge in [-0.25, -0.2) is 0 Å². The van der Waals surface area contributed by atoms with Gasteiger partial charge in [0.2, 0.25) is 5.78 Å². The molecule has 0 aliphatic heterocycles. The highest BCUT2D eigenvalue weighted by Gasteiger charge is 2.29. The van der Waals surface area contributed by atoms with Gasteiger partial charge in [0.05, 0.1) is 47.3 Å². The van der Waals surface area contributed by atoms with Gasteiger partial charge in [-0.1, -0.05) is 30.3 Å². The molecule has 0 bridgehead atoms. The molecule has 0 fully saturated rings. The van der Waals surface area contributed by atoms with Crippen molar-refractivity contribution in [1.29, 1.82) is 0 Å². The number of aryl methyl sites for hydroxylation is 2. The number of phenols is 1. The van der Waals surface area contributed by atoms with Gasteiger partial charge in [0.25, 0.3) is 0 Å². The van der Waals surface area contributed by atoms with E-state index in [1.54, 1.807) is 26.4 Å². The van der Waals surface area contributed by atoms with Crippen molar-refractivity contribution in [1.82, 2.24) is 9.13 Å². The lowest BCUT2D eigenvalue weighted by molar-refractivity contribution is 0.103. The van der Waals surface area contributed by atoms with Gasteiger partial charge in [-0.2, -0.15) is 0 Å². The quantitative estimate of drug-likeness (QED) is 0.377. The highest BCUT2D eigenvalue weighted by atomic mass is 16.5. The SMILES string of the molecule is COc1cccc2c1c(C(=O)c1c(-c3ccccc3O)c3c(OC)cccc3n1C)cn2C. The number of phenolic OH excluding ortho intramolecular Hbond substituents is 1. The molecule has 2 aromatic heterocycles. The van der Waals surface area contributed by atoms with E-state index in [4.69, 9.17) is 9.47 Å². The Kier molecular flexibility index (Phi) is 4.86. The lowest BCUT2D eigenvalue weighted by Crippen LogP contribution is -2.09. The van der Waals surface area contributed by atoms with E-state index in [1.165, 1.54) is 0 Å². The molecule has 0 aliphatic rings. The maximum atomic E-state index is 14.2. The van der Waals surface area contributed by atoms with E-state index in [-0.39, 0.29) is 11.5 Å². The molecule has 3 aromatic carbocycles. The summed E-state index contributed by atoms with van der Waals surface area (Å²) in [6, 6.07) is 18.5. The number of fused-ring (bicyclic) bond motifs is 2. The van der Waals surface area contributed by atoms with Crippen molar-refractivity contribution in [3.05, 3.63) is 78.1 Å². The summed E-state index contributed by atoms with van der Waals surface area (Å²) in [5.74, 6) is 1.21. The van der Waals surface area contributed by atoms with Gasteiger partial charge >= 0.3 is 0 Å².